The summed E-state index contributed by atoms with van der Waals surface area (Å²) >= 11 is 0. The van der Waals surface area contributed by atoms with Crippen LogP contribution in [0.15, 0.2) is 0 Å². The highest BCUT2D eigenvalue weighted by Gasteiger charge is 2.27. The Morgan fingerprint density at radius 2 is 2.08 bits per heavy atom. The van der Waals surface area contributed by atoms with Gasteiger partial charge in [-0.3, -0.25) is 4.21 Å². The van der Waals surface area contributed by atoms with E-state index >= 15 is 0 Å². The first kappa shape index (κ1) is 11.2. The molecule has 78 valence electrons. The predicted octanol–water partition coefficient (Wildman–Crippen LogP) is 1.66. The lowest BCUT2D eigenvalue weighted by atomic mass is 9.87. The lowest BCUT2D eigenvalue weighted by molar-refractivity contribution is 0.355. The number of hydrogen-bond acceptors (Lipinski definition) is 2. The molecule has 2 nitrogen and oxygen atoms in total. The van der Waals surface area contributed by atoms with Gasteiger partial charge in [-0.2, -0.15) is 0 Å². The van der Waals surface area contributed by atoms with Crippen LogP contribution in [0.5, 0.6) is 0 Å². The fourth-order valence-electron chi connectivity index (χ4n) is 2.25. The van der Waals surface area contributed by atoms with Gasteiger partial charge in [-0.1, -0.05) is 26.2 Å². The molecule has 0 aliphatic heterocycles. The first-order valence-electron chi connectivity index (χ1n) is 5.36. The average Bonchev–Trinajstić information content (AvgIpc) is 2.18. The molecule has 0 spiro atoms. The molecular formula is C10H21NOS. The molecule has 0 radical (unpaired) electrons. The van der Waals surface area contributed by atoms with Crippen molar-refractivity contribution in [1.82, 2.24) is 0 Å². The van der Waals surface area contributed by atoms with Crippen molar-refractivity contribution >= 4 is 10.8 Å². The van der Waals surface area contributed by atoms with Crippen LogP contribution in [0.2, 0.25) is 0 Å². The van der Waals surface area contributed by atoms with E-state index in [9.17, 15) is 4.21 Å². The van der Waals surface area contributed by atoms with Crippen LogP contribution in [0.3, 0.4) is 0 Å². The summed E-state index contributed by atoms with van der Waals surface area (Å²) in [5.74, 6) is 1.39. The summed E-state index contributed by atoms with van der Waals surface area (Å²) in [4.78, 5) is 0. The van der Waals surface area contributed by atoms with Crippen LogP contribution in [-0.2, 0) is 10.8 Å². The third-order valence-corrected chi connectivity index (χ3v) is 4.95. The molecule has 3 unspecified atom stereocenters. The third-order valence-electron chi connectivity index (χ3n) is 3.02. The van der Waals surface area contributed by atoms with Gasteiger partial charge < -0.3 is 5.73 Å². The van der Waals surface area contributed by atoms with Gasteiger partial charge in [-0.25, -0.2) is 0 Å². The van der Waals surface area contributed by atoms with Crippen molar-refractivity contribution in [1.29, 1.82) is 0 Å². The molecule has 0 saturated heterocycles. The highest BCUT2D eigenvalue weighted by atomic mass is 32.2. The lowest BCUT2D eigenvalue weighted by Gasteiger charge is -2.29. The van der Waals surface area contributed by atoms with E-state index in [2.05, 4.69) is 6.92 Å². The molecule has 1 aliphatic rings. The minimum Gasteiger partial charge on any atom is -0.330 e. The second kappa shape index (κ2) is 5.76. The van der Waals surface area contributed by atoms with Crippen LogP contribution in [0, 0.1) is 5.92 Å². The Morgan fingerprint density at radius 1 is 1.38 bits per heavy atom. The van der Waals surface area contributed by atoms with E-state index in [-0.39, 0.29) is 0 Å². The Morgan fingerprint density at radius 3 is 2.69 bits per heavy atom. The third kappa shape index (κ3) is 3.06. The van der Waals surface area contributed by atoms with E-state index in [1.165, 1.54) is 25.7 Å². The maximum Gasteiger partial charge on any atom is 0.0376 e. The summed E-state index contributed by atoms with van der Waals surface area (Å²) in [6, 6.07) is 0. The molecule has 1 aliphatic carbocycles. The zero-order chi connectivity index (χ0) is 9.68. The molecule has 13 heavy (non-hydrogen) atoms. The number of nitrogens with two attached hydrogens (primary N) is 1. The topological polar surface area (TPSA) is 43.1 Å². The van der Waals surface area contributed by atoms with Crippen molar-refractivity contribution in [2.24, 2.45) is 11.7 Å². The standard InChI is InChI=1S/C10H21NOS/c1-2-9-5-3-4-6-10(9)13(12)8-7-11/h9-10H,2-8,11H2,1H3. The number of hydrogen-bond donors (Lipinski definition) is 1. The Kier molecular flexibility index (Phi) is 4.96. The predicted molar refractivity (Wildman–Crippen MR) is 58.1 cm³/mol. The Hall–Kier alpha value is 0.110. The summed E-state index contributed by atoms with van der Waals surface area (Å²) in [7, 11) is -0.661. The van der Waals surface area contributed by atoms with Gasteiger partial charge in [0.2, 0.25) is 0 Å². The van der Waals surface area contributed by atoms with Crippen LogP contribution in [0.4, 0.5) is 0 Å². The molecular weight excluding hydrogens is 182 g/mol. The molecule has 0 amide bonds. The van der Waals surface area contributed by atoms with Crippen molar-refractivity contribution in [3.63, 3.8) is 0 Å². The maximum absolute atomic E-state index is 11.8. The molecule has 2 N–H and O–H groups in total. The number of rotatable bonds is 4. The summed E-state index contributed by atoms with van der Waals surface area (Å²) in [6.45, 7) is 2.78. The molecule has 0 aromatic rings. The van der Waals surface area contributed by atoms with Crippen LogP contribution in [-0.4, -0.2) is 21.8 Å². The quantitative estimate of drug-likeness (QED) is 0.755. The van der Waals surface area contributed by atoms with Gasteiger partial charge in [0.05, 0.1) is 0 Å². The fraction of sp³-hybridized carbons (Fsp3) is 1.00. The first-order chi connectivity index (χ1) is 6.29. The van der Waals surface area contributed by atoms with Crippen molar-refractivity contribution in [2.75, 3.05) is 12.3 Å². The summed E-state index contributed by atoms with van der Waals surface area (Å²) < 4.78 is 11.8. The Bertz CT molecular complexity index is 172. The molecule has 0 bridgehead atoms. The smallest absolute Gasteiger partial charge is 0.0376 e. The highest BCUT2D eigenvalue weighted by Crippen LogP contribution is 2.30. The normalized spacial score (nSPS) is 31.5. The van der Waals surface area contributed by atoms with E-state index in [1.807, 2.05) is 0 Å². The molecule has 0 aromatic carbocycles. The van der Waals surface area contributed by atoms with Crippen LogP contribution >= 0.6 is 0 Å². The largest absolute Gasteiger partial charge is 0.330 e. The van der Waals surface area contributed by atoms with E-state index in [0.29, 0.717) is 23.5 Å². The molecule has 1 saturated carbocycles. The second-order valence-corrected chi connectivity index (χ2v) is 5.64. The summed E-state index contributed by atoms with van der Waals surface area (Å²) in [6.07, 6.45) is 6.20. The monoisotopic (exact) mass is 203 g/mol. The van der Waals surface area contributed by atoms with Gasteiger partial charge in [0.25, 0.3) is 0 Å². The molecule has 0 heterocycles. The minimum absolute atomic E-state index is 0.447. The van der Waals surface area contributed by atoms with Gasteiger partial charge in [0.15, 0.2) is 0 Å². The molecule has 1 fully saturated rings. The lowest BCUT2D eigenvalue weighted by Crippen LogP contribution is -2.31. The average molecular weight is 203 g/mol. The van der Waals surface area contributed by atoms with Crippen LogP contribution in [0.25, 0.3) is 0 Å². The zero-order valence-electron chi connectivity index (χ0n) is 8.50. The highest BCUT2D eigenvalue weighted by molar-refractivity contribution is 7.85. The Balaban J connectivity index is 2.48. The molecule has 3 heteroatoms. The molecule has 1 rings (SSSR count). The zero-order valence-corrected chi connectivity index (χ0v) is 9.31. The molecule has 0 aromatic heterocycles. The second-order valence-electron chi connectivity index (χ2n) is 3.86. The van der Waals surface area contributed by atoms with Crippen molar-refractivity contribution in [3.8, 4) is 0 Å². The van der Waals surface area contributed by atoms with E-state index in [4.69, 9.17) is 5.73 Å². The van der Waals surface area contributed by atoms with E-state index in [1.54, 1.807) is 0 Å². The van der Waals surface area contributed by atoms with Crippen molar-refractivity contribution in [2.45, 2.75) is 44.3 Å². The fourth-order valence-corrected chi connectivity index (χ4v) is 3.98. The van der Waals surface area contributed by atoms with Crippen molar-refractivity contribution < 1.29 is 4.21 Å². The van der Waals surface area contributed by atoms with Crippen molar-refractivity contribution in [3.05, 3.63) is 0 Å². The summed E-state index contributed by atoms with van der Waals surface area (Å²) in [5, 5.41) is 0.447. The van der Waals surface area contributed by atoms with Gasteiger partial charge >= 0.3 is 0 Å². The van der Waals surface area contributed by atoms with Gasteiger partial charge in [-0.15, -0.1) is 0 Å². The van der Waals surface area contributed by atoms with E-state index < -0.39 is 10.8 Å². The van der Waals surface area contributed by atoms with Crippen LogP contribution < -0.4 is 5.73 Å². The first-order valence-corrected chi connectivity index (χ1v) is 6.75. The Labute approximate surface area is 83.7 Å². The van der Waals surface area contributed by atoms with Gasteiger partial charge in [0, 0.05) is 28.3 Å². The van der Waals surface area contributed by atoms with Gasteiger partial charge in [-0.05, 0) is 18.8 Å². The summed E-state index contributed by atoms with van der Waals surface area (Å²) in [5.41, 5.74) is 5.43. The SMILES string of the molecule is CCC1CCCCC1S(=O)CCN. The maximum atomic E-state index is 11.8. The molecule has 3 atom stereocenters. The minimum atomic E-state index is -0.661. The van der Waals surface area contributed by atoms with Gasteiger partial charge in [0.1, 0.15) is 0 Å². The van der Waals surface area contributed by atoms with Crippen LogP contribution in [0.1, 0.15) is 39.0 Å². The van der Waals surface area contributed by atoms with E-state index in [0.717, 1.165) is 6.42 Å².